The second-order valence-electron chi connectivity index (χ2n) is 1.13. The molecule has 6 heteroatoms. The van der Waals surface area contributed by atoms with E-state index >= 15 is 0 Å². The zero-order valence-corrected chi connectivity index (χ0v) is 5.51. The van der Waals surface area contributed by atoms with Gasteiger partial charge in [-0.25, -0.2) is 4.79 Å². The topological polar surface area (TPSA) is 80.7 Å². The third-order valence-corrected chi connectivity index (χ3v) is 1.46. The molecule has 0 saturated heterocycles. The maximum absolute atomic E-state index is 10.1. The molecule has 0 aromatic rings. The van der Waals surface area contributed by atoms with Crippen molar-refractivity contribution in [3.05, 3.63) is 0 Å². The van der Waals surface area contributed by atoms with E-state index in [-0.39, 0.29) is 6.61 Å². The molecule has 0 aromatic heterocycles. The summed E-state index contributed by atoms with van der Waals surface area (Å²) >= 11 is 0. The van der Waals surface area contributed by atoms with Crippen LogP contribution >= 0.6 is 0 Å². The molecule has 0 fully saturated rings. The largest absolute Gasteiger partial charge is 0.468 e. The number of hydrogen-bond donors (Lipinski definition) is 1. The van der Waals surface area contributed by atoms with Crippen LogP contribution in [0.5, 0.6) is 0 Å². The number of carboxylic acid groups (broad SMARTS) is 1. The minimum Gasteiger partial charge on any atom is -0.468 e. The van der Waals surface area contributed by atoms with Gasteiger partial charge in [-0.3, -0.25) is 4.18 Å². The molecule has 0 aliphatic rings. The summed E-state index contributed by atoms with van der Waals surface area (Å²) in [4.78, 5) is 9.70. The Morgan fingerprint density at radius 3 is 2.22 bits per heavy atom. The van der Waals surface area contributed by atoms with Gasteiger partial charge in [-0.15, -0.1) is 0 Å². The lowest BCUT2D eigenvalue weighted by molar-refractivity contribution is 0.212. The Kier molecular flexibility index (Phi) is 2.60. The molecule has 0 rings (SSSR count). The predicted octanol–water partition coefficient (Wildman–Crippen LogP) is 0.0307. The van der Waals surface area contributed by atoms with E-state index in [0.29, 0.717) is 0 Å². The molecule has 9 heavy (non-hydrogen) atoms. The van der Waals surface area contributed by atoms with E-state index in [9.17, 15) is 13.2 Å². The molecule has 0 heterocycles. The molecule has 0 aliphatic carbocycles. The highest BCUT2D eigenvalue weighted by Crippen LogP contribution is 1.92. The number of hydrogen-bond acceptors (Lipinski definition) is 4. The molecule has 5 nitrogen and oxygen atoms in total. The van der Waals surface area contributed by atoms with E-state index in [0.717, 1.165) is 0 Å². The van der Waals surface area contributed by atoms with Crippen molar-refractivity contribution in [2.45, 2.75) is 6.92 Å². The predicted molar refractivity (Wildman–Crippen MR) is 28.6 cm³/mol. The van der Waals surface area contributed by atoms with Crippen LogP contribution in [0.3, 0.4) is 0 Å². The Morgan fingerprint density at radius 2 is 2.11 bits per heavy atom. The van der Waals surface area contributed by atoms with Gasteiger partial charge in [0.2, 0.25) is 0 Å². The maximum atomic E-state index is 10.1. The van der Waals surface area contributed by atoms with Crippen LogP contribution in [-0.4, -0.2) is 25.4 Å². The Balaban J connectivity index is 4.23. The van der Waals surface area contributed by atoms with Crippen molar-refractivity contribution < 1.29 is 22.5 Å². The molecule has 0 radical (unpaired) electrons. The van der Waals surface area contributed by atoms with Crippen molar-refractivity contribution >= 4 is 15.4 Å². The lowest BCUT2D eigenvalue weighted by Crippen LogP contribution is -2.14. The van der Waals surface area contributed by atoms with Crippen LogP contribution in [0.2, 0.25) is 0 Å². The first-order chi connectivity index (χ1) is 4.00. The third kappa shape index (κ3) is 2.43. The molecule has 0 spiro atoms. The molecular weight excluding hydrogens is 148 g/mol. The van der Waals surface area contributed by atoms with Gasteiger partial charge < -0.3 is 5.11 Å². The second-order valence-corrected chi connectivity index (χ2v) is 2.62. The normalized spacial score (nSPS) is 11.2. The Bertz CT molecular complexity index is 190. The molecule has 0 aromatic carbocycles. The van der Waals surface area contributed by atoms with Crippen molar-refractivity contribution in [3.63, 3.8) is 0 Å². The highest BCUT2D eigenvalue weighted by atomic mass is 32.2. The Labute approximate surface area is 52.4 Å². The SMILES string of the molecule is CCOS(=O)(=O)C(=O)O. The minimum absolute atomic E-state index is 0.158. The summed E-state index contributed by atoms with van der Waals surface area (Å²) in [5.41, 5.74) is 0. The van der Waals surface area contributed by atoms with Gasteiger partial charge in [-0.1, -0.05) is 0 Å². The van der Waals surface area contributed by atoms with Crippen LogP contribution in [0.15, 0.2) is 0 Å². The van der Waals surface area contributed by atoms with E-state index in [2.05, 4.69) is 4.18 Å². The first-order valence-corrected chi connectivity index (χ1v) is 3.54. The van der Waals surface area contributed by atoms with Crippen molar-refractivity contribution in [1.29, 1.82) is 0 Å². The van der Waals surface area contributed by atoms with E-state index in [4.69, 9.17) is 5.11 Å². The van der Waals surface area contributed by atoms with Crippen LogP contribution in [0.4, 0.5) is 4.79 Å². The van der Waals surface area contributed by atoms with Gasteiger partial charge in [-0.2, -0.15) is 8.42 Å². The van der Waals surface area contributed by atoms with Gasteiger partial charge in [0, 0.05) is 0 Å². The van der Waals surface area contributed by atoms with Gasteiger partial charge in [0.25, 0.3) is 0 Å². The van der Waals surface area contributed by atoms with Crippen molar-refractivity contribution in [1.82, 2.24) is 0 Å². The summed E-state index contributed by atoms with van der Waals surface area (Å²) in [6.45, 7) is 1.23. The zero-order chi connectivity index (χ0) is 7.49. The average Bonchev–Trinajstić information content (AvgIpc) is 1.65. The van der Waals surface area contributed by atoms with Crippen LogP contribution in [0, 0.1) is 0 Å². The van der Waals surface area contributed by atoms with Crippen LogP contribution in [0.25, 0.3) is 0 Å². The summed E-state index contributed by atoms with van der Waals surface area (Å²) in [5.74, 6) is 0. The number of rotatable bonds is 2. The van der Waals surface area contributed by atoms with E-state index in [1.807, 2.05) is 0 Å². The highest BCUT2D eigenvalue weighted by molar-refractivity contribution is 8.01. The fourth-order valence-corrected chi connectivity index (χ4v) is 0.617. The highest BCUT2D eigenvalue weighted by Gasteiger charge is 2.19. The lowest BCUT2D eigenvalue weighted by atomic mass is 10.9. The first-order valence-electron chi connectivity index (χ1n) is 2.13. The van der Waals surface area contributed by atoms with Crippen molar-refractivity contribution in [3.8, 4) is 0 Å². The van der Waals surface area contributed by atoms with Gasteiger partial charge in [0.1, 0.15) is 0 Å². The van der Waals surface area contributed by atoms with Gasteiger partial charge in [-0.05, 0) is 6.92 Å². The Morgan fingerprint density at radius 1 is 1.67 bits per heavy atom. The first kappa shape index (κ1) is 8.38. The summed E-state index contributed by atoms with van der Waals surface area (Å²) in [7, 11) is -4.33. The fraction of sp³-hybridized carbons (Fsp3) is 0.667. The summed E-state index contributed by atoms with van der Waals surface area (Å²) < 4.78 is 24.1. The molecular formula is C3H6O5S. The monoisotopic (exact) mass is 154 g/mol. The molecule has 1 N–H and O–H groups in total. The maximum Gasteiger partial charge on any atom is 0.449 e. The fourth-order valence-electron chi connectivity index (χ4n) is 0.206. The average molecular weight is 154 g/mol. The second kappa shape index (κ2) is 2.79. The minimum atomic E-state index is -4.33. The quantitative estimate of drug-likeness (QED) is 0.567. The van der Waals surface area contributed by atoms with Crippen LogP contribution in [-0.2, 0) is 14.3 Å². The van der Waals surface area contributed by atoms with Gasteiger partial charge in [0.15, 0.2) is 0 Å². The van der Waals surface area contributed by atoms with Crippen molar-refractivity contribution in [2.75, 3.05) is 6.61 Å². The van der Waals surface area contributed by atoms with E-state index in [1.54, 1.807) is 0 Å². The standard InChI is InChI=1S/C3H6O5S/c1-2-8-9(6,7)3(4)5/h2H2,1H3,(H,4,5). The smallest absolute Gasteiger partial charge is 0.449 e. The summed E-state index contributed by atoms with van der Waals surface area (Å²) in [6.07, 6.45) is 0. The lowest BCUT2D eigenvalue weighted by Gasteiger charge is -1.93. The third-order valence-electron chi connectivity index (χ3n) is 0.487. The molecule has 0 bridgehead atoms. The summed E-state index contributed by atoms with van der Waals surface area (Å²) in [5, 5.41) is 5.91. The van der Waals surface area contributed by atoms with E-state index in [1.165, 1.54) is 6.92 Å². The summed E-state index contributed by atoms with van der Waals surface area (Å²) in [6, 6.07) is 0. The molecule has 0 amide bonds. The molecule has 0 aliphatic heterocycles. The van der Waals surface area contributed by atoms with E-state index < -0.39 is 15.4 Å². The zero-order valence-electron chi connectivity index (χ0n) is 4.70. The van der Waals surface area contributed by atoms with Gasteiger partial charge >= 0.3 is 15.4 Å². The molecule has 0 unspecified atom stereocenters. The van der Waals surface area contributed by atoms with Gasteiger partial charge in [0.05, 0.1) is 6.61 Å². The molecule has 54 valence electrons. The number of carbonyl (C=O) groups is 1. The Hall–Kier alpha value is -0.620. The van der Waals surface area contributed by atoms with Crippen molar-refractivity contribution in [2.24, 2.45) is 0 Å². The van der Waals surface area contributed by atoms with Crippen LogP contribution in [0.1, 0.15) is 6.92 Å². The van der Waals surface area contributed by atoms with Crippen LogP contribution < -0.4 is 0 Å². The molecule has 0 atom stereocenters. The molecule has 0 saturated carbocycles.